The lowest BCUT2D eigenvalue weighted by molar-refractivity contribution is 0.415. The summed E-state index contributed by atoms with van der Waals surface area (Å²) in [7, 11) is 1.62. The number of nitrogen functional groups attached to an aromatic ring is 1. The van der Waals surface area contributed by atoms with E-state index in [-0.39, 0.29) is 17.3 Å². The van der Waals surface area contributed by atoms with Gasteiger partial charge in [0.2, 0.25) is 0 Å². The van der Waals surface area contributed by atoms with Crippen molar-refractivity contribution in [1.82, 2.24) is 4.57 Å². The largest absolute Gasteiger partial charge is 0.497 e. The Bertz CT molecular complexity index is 645. The molecule has 2 N–H and O–H groups in total. The van der Waals surface area contributed by atoms with Gasteiger partial charge in [0.1, 0.15) is 5.75 Å². The van der Waals surface area contributed by atoms with Gasteiger partial charge in [-0.25, -0.2) is 0 Å². The summed E-state index contributed by atoms with van der Waals surface area (Å²) in [5.74, 6) is 0.761. The lowest BCUT2D eigenvalue weighted by atomic mass is 10.1. The Kier molecular flexibility index (Phi) is 3.60. The van der Waals surface area contributed by atoms with Crippen LogP contribution in [0.4, 0.5) is 5.69 Å². The summed E-state index contributed by atoms with van der Waals surface area (Å²) < 4.78 is 6.92. The van der Waals surface area contributed by atoms with Crippen molar-refractivity contribution in [2.45, 2.75) is 19.9 Å². The van der Waals surface area contributed by atoms with Crippen LogP contribution in [0, 0.1) is 0 Å². The highest BCUT2D eigenvalue weighted by Gasteiger charge is 2.12. The minimum absolute atomic E-state index is 0.0391. The molecule has 19 heavy (non-hydrogen) atoms. The highest BCUT2D eigenvalue weighted by molar-refractivity contribution is 5.63. The zero-order chi connectivity index (χ0) is 14.0. The molecule has 0 aliphatic carbocycles. The number of rotatable bonds is 3. The first kappa shape index (κ1) is 13.2. The molecule has 4 heteroatoms. The van der Waals surface area contributed by atoms with Crippen molar-refractivity contribution >= 4 is 5.69 Å². The maximum Gasteiger partial charge on any atom is 0.274 e. The molecule has 4 nitrogen and oxygen atoms in total. The van der Waals surface area contributed by atoms with Crippen molar-refractivity contribution in [1.29, 1.82) is 0 Å². The zero-order valence-corrected chi connectivity index (χ0v) is 11.4. The van der Waals surface area contributed by atoms with Gasteiger partial charge in [-0.05, 0) is 38.1 Å². The quantitative estimate of drug-likeness (QED) is 0.920. The summed E-state index contributed by atoms with van der Waals surface area (Å²) in [5, 5.41) is 0. The number of aromatic nitrogens is 1. The van der Waals surface area contributed by atoms with E-state index in [0.717, 1.165) is 17.0 Å². The summed E-state index contributed by atoms with van der Waals surface area (Å²) in [4.78, 5) is 12.2. The second-order valence-electron chi connectivity index (χ2n) is 4.67. The van der Waals surface area contributed by atoms with E-state index in [4.69, 9.17) is 10.5 Å². The molecule has 1 aromatic carbocycles. The molecule has 0 radical (unpaired) electrons. The van der Waals surface area contributed by atoms with Crippen LogP contribution < -0.4 is 16.0 Å². The average Bonchev–Trinajstić information content (AvgIpc) is 2.41. The summed E-state index contributed by atoms with van der Waals surface area (Å²) in [6, 6.07) is 11.2. The molecule has 100 valence electrons. The molecular formula is C15H18N2O2. The summed E-state index contributed by atoms with van der Waals surface area (Å²) in [6.07, 6.45) is 0. The lowest BCUT2D eigenvalue weighted by Gasteiger charge is -2.17. The fourth-order valence-corrected chi connectivity index (χ4v) is 2.10. The predicted octanol–water partition coefficient (Wildman–Crippen LogP) is 2.69. The summed E-state index contributed by atoms with van der Waals surface area (Å²) >= 11 is 0. The van der Waals surface area contributed by atoms with Gasteiger partial charge in [0.05, 0.1) is 18.5 Å². The number of nitrogens with zero attached hydrogens (tertiary/aromatic N) is 1. The van der Waals surface area contributed by atoms with Gasteiger partial charge in [-0.3, -0.25) is 4.79 Å². The number of benzene rings is 1. The van der Waals surface area contributed by atoms with Crippen molar-refractivity contribution in [3.63, 3.8) is 0 Å². The van der Waals surface area contributed by atoms with Gasteiger partial charge in [0.15, 0.2) is 0 Å². The number of nitrogens with two attached hydrogens (primary N) is 1. The third-order valence-corrected chi connectivity index (χ3v) is 3.03. The van der Waals surface area contributed by atoms with Crippen LogP contribution >= 0.6 is 0 Å². The molecule has 2 aromatic rings. The molecule has 0 fully saturated rings. The lowest BCUT2D eigenvalue weighted by Crippen LogP contribution is -2.25. The van der Waals surface area contributed by atoms with Gasteiger partial charge in [-0.2, -0.15) is 0 Å². The molecule has 0 spiro atoms. The Hall–Kier alpha value is -2.23. The molecule has 0 aliphatic heterocycles. The Morgan fingerprint density at radius 2 is 1.95 bits per heavy atom. The van der Waals surface area contributed by atoms with E-state index >= 15 is 0 Å². The zero-order valence-electron chi connectivity index (χ0n) is 11.4. The SMILES string of the molecule is COc1cccc(-c2ccc(N)c(=O)n2C(C)C)c1. The highest BCUT2D eigenvalue weighted by atomic mass is 16.5. The molecule has 0 saturated carbocycles. The Morgan fingerprint density at radius 1 is 1.21 bits per heavy atom. The first-order valence-corrected chi connectivity index (χ1v) is 6.20. The van der Waals surface area contributed by atoms with E-state index in [1.165, 1.54) is 0 Å². The van der Waals surface area contributed by atoms with E-state index in [2.05, 4.69) is 0 Å². The van der Waals surface area contributed by atoms with E-state index in [0.29, 0.717) is 0 Å². The molecule has 1 aromatic heterocycles. The second-order valence-corrected chi connectivity index (χ2v) is 4.67. The number of ether oxygens (including phenoxy) is 1. The van der Waals surface area contributed by atoms with Crippen LogP contribution in [0.2, 0.25) is 0 Å². The number of hydrogen-bond donors (Lipinski definition) is 1. The van der Waals surface area contributed by atoms with Crippen LogP contribution in [0.15, 0.2) is 41.2 Å². The maximum atomic E-state index is 12.2. The number of methoxy groups -OCH3 is 1. The second kappa shape index (κ2) is 5.18. The van der Waals surface area contributed by atoms with Gasteiger partial charge in [-0.15, -0.1) is 0 Å². The molecule has 0 aliphatic rings. The number of anilines is 1. The van der Waals surface area contributed by atoms with E-state index in [9.17, 15) is 4.79 Å². The standard InChI is InChI=1S/C15H18N2O2/c1-10(2)17-14(8-7-13(16)15(17)18)11-5-4-6-12(9-11)19-3/h4-10H,16H2,1-3H3. The monoisotopic (exact) mass is 258 g/mol. The molecule has 1 heterocycles. The average molecular weight is 258 g/mol. The van der Waals surface area contributed by atoms with E-state index in [1.54, 1.807) is 17.7 Å². The maximum absolute atomic E-state index is 12.2. The Labute approximate surface area is 112 Å². The van der Waals surface area contributed by atoms with Crippen molar-refractivity contribution in [3.05, 3.63) is 46.8 Å². The smallest absolute Gasteiger partial charge is 0.274 e. The van der Waals surface area contributed by atoms with Gasteiger partial charge in [0, 0.05) is 11.6 Å². The minimum Gasteiger partial charge on any atom is -0.497 e. The normalized spacial score (nSPS) is 10.7. The Balaban J connectivity index is 2.68. The molecule has 0 saturated heterocycles. The van der Waals surface area contributed by atoms with Crippen molar-refractivity contribution in [2.75, 3.05) is 12.8 Å². The number of hydrogen-bond acceptors (Lipinski definition) is 3. The van der Waals surface area contributed by atoms with Gasteiger partial charge < -0.3 is 15.0 Å². The first-order chi connectivity index (χ1) is 9.04. The summed E-state index contributed by atoms with van der Waals surface area (Å²) in [6.45, 7) is 3.93. The van der Waals surface area contributed by atoms with Gasteiger partial charge in [0.25, 0.3) is 5.56 Å². The van der Waals surface area contributed by atoms with E-state index in [1.807, 2.05) is 44.2 Å². The van der Waals surface area contributed by atoms with E-state index < -0.39 is 0 Å². The molecule has 0 unspecified atom stereocenters. The van der Waals surface area contributed by atoms with Crippen LogP contribution in [-0.2, 0) is 0 Å². The van der Waals surface area contributed by atoms with Crippen LogP contribution in [0.25, 0.3) is 11.3 Å². The first-order valence-electron chi connectivity index (χ1n) is 6.20. The summed E-state index contributed by atoms with van der Waals surface area (Å²) in [5.41, 5.74) is 7.59. The van der Waals surface area contributed by atoms with Gasteiger partial charge >= 0.3 is 0 Å². The number of pyridine rings is 1. The third kappa shape index (κ3) is 2.47. The Morgan fingerprint density at radius 3 is 2.58 bits per heavy atom. The van der Waals surface area contributed by atoms with Gasteiger partial charge in [-0.1, -0.05) is 12.1 Å². The fourth-order valence-electron chi connectivity index (χ4n) is 2.10. The van der Waals surface area contributed by atoms with Crippen molar-refractivity contribution < 1.29 is 4.74 Å². The highest BCUT2D eigenvalue weighted by Crippen LogP contribution is 2.25. The molecule has 0 atom stereocenters. The molecular weight excluding hydrogens is 240 g/mol. The van der Waals surface area contributed by atoms with Crippen molar-refractivity contribution in [2.24, 2.45) is 0 Å². The van der Waals surface area contributed by atoms with Crippen molar-refractivity contribution in [3.8, 4) is 17.0 Å². The molecule has 2 rings (SSSR count). The van der Waals surface area contributed by atoms with Crippen LogP contribution in [0.3, 0.4) is 0 Å². The fraction of sp³-hybridized carbons (Fsp3) is 0.267. The topological polar surface area (TPSA) is 57.2 Å². The molecule has 0 bridgehead atoms. The molecule has 0 amide bonds. The third-order valence-electron chi connectivity index (χ3n) is 3.03. The van der Waals surface area contributed by atoms with Crippen LogP contribution in [0.5, 0.6) is 5.75 Å². The minimum atomic E-state index is -0.157. The predicted molar refractivity (Wildman–Crippen MR) is 77.5 cm³/mol. The van der Waals surface area contributed by atoms with Crippen LogP contribution in [-0.4, -0.2) is 11.7 Å². The van der Waals surface area contributed by atoms with Crippen LogP contribution in [0.1, 0.15) is 19.9 Å².